The molecule has 3 unspecified atom stereocenters. The molecule has 2 N–H and O–H groups in total. The van der Waals surface area contributed by atoms with Crippen molar-refractivity contribution in [2.24, 2.45) is 5.73 Å². The van der Waals surface area contributed by atoms with E-state index in [-0.39, 0.29) is 12.1 Å². The van der Waals surface area contributed by atoms with Gasteiger partial charge in [0, 0.05) is 38.5 Å². The van der Waals surface area contributed by atoms with Crippen molar-refractivity contribution in [3.05, 3.63) is 130 Å². The highest BCUT2D eigenvalue weighted by atomic mass is 19.2. The monoisotopic (exact) mass is 533 g/mol. The molecule has 4 aromatic carbocycles. The van der Waals surface area contributed by atoms with Crippen LogP contribution in [0.5, 0.6) is 11.5 Å². The van der Waals surface area contributed by atoms with Crippen LogP contribution in [0.15, 0.2) is 97.1 Å². The average Bonchev–Trinajstić information content (AvgIpc) is 3.00. The van der Waals surface area contributed by atoms with Crippen molar-refractivity contribution < 1.29 is 13.9 Å². The minimum absolute atomic E-state index is 0.152. The number of aryl methyl sites for hydroxylation is 2. The van der Waals surface area contributed by atoms with Crippen LogP contribution in [0.2, 0.25) is 0 Å². The van der Waals surface area contributed by atoms with Gasteiger partial charge in [-0.15, -0.1) is 4.71 Å². The molecular formula is C36H38FN2O+. The number of hydrogen-bond acceptors (Lipinski definition) is 2. The van der Waals surface area contributed by atoms with Crippen molar-refractivity contribution in [3.63, 3.8) is 0 Å². The first-order valence-corrected chi connectivity index (χ1v) is 14.9. The zero-order valence-electron chi connectivity index (χ0n) is 23.1. The van der Waals surface area contributed by atoms with Crippen LogP contribution < -0.4 is 10.5 Å². The predicted molar refractivity (Wildman–Crippen MR) is 158 cm³/mol. The van der Waals surface area contributed by atoms with Crippen LogP contribution >= 0.6 is 0 Å². The van der Waals surface area contributed by atoms with Gasteiger partial charge in [-0.1, -0.05) is 78.9 Å². The third-order valence-electron chi connectivity index (χ3n) is 9.89. The molecule has 3 atom stereocenters. The zero-order valence-corrected chi connectivity index (χ0v) is 23.1. The second-order valence-electron chi connectivity index (χ2n) is 12.1. The van der Waals surface area contributed by atoms with Gasteiger partial charge >= 0.3 is 0 Å². The summed E-state index contributed by atoms with van der Waals surface area (Å²) in [7, 11) is 0. The summed E-state index contributed by atoms with van der Waals surface area (Å²) in [4.78, 5) is 0. The summed E-state index contributed by atoms with van der Waals surface area (Å²) in [5, 5.41) is 0. The fraction of sp³-hybridized carbons (Fsp3) is 0.333. The molecule has 4 aromatic rings. The number of nitrogens with zero attached hydrogens (tertiary/aromatic N) is 1. The molecule has 0 aromatic heterocycles. The molecule has 0 aliphatic heterocycles. The number of nitrogens with two attached hydrogens (primary N) is 1. The molecule has 0 saturated heterocycles. The van der Waals surface area contributed by atoms with Crippen LogP contribution in [0.4, 0.5) is 4.48 Å². The second-order valence-corrected chi connectivity index (χ2v) is 12.1. The van der Waals surface area contributed by atoms with Gasteiger partial charge in [-0.3, -0.25) is 5.73 Å². The van der Waals surface area contributed by atoms with Crippen molar-refractivity contribution in [3.8, 4) is 11.5 Å². The molecule has 40 heavy (non-hydrogen) atoms. The Balaban J connectivity index is 1.26. The first-order chi connectivity index (χ1) is 19.5. The smallest absolute Gasteiger partial charge is 0.190 e. The second kappa shape index (κ2) is 10.2. The normalized spacial score (nSPS) is 25.1. The Morgan fingerprint density at radius 1 is 0.650 bits per heavy atom. The van der Waals surface area contributed by atoms with Gasteiger partial charge in [-0.25, -0.2) is 0 Å². The number of ether oxygens (including phenoxy) is 1. The van der Waals surface area contributed by atoms with Crippen LogP contribution in [-0.4, -0.2) is 22.5 Å². The van der Waals surface area contributed by atoms with Crippen LogP contribution in [-0.2, 0) is 38.5 Å². The third kappa shape index (κ3) is 4.34. The Labute approximate surface area is 236 Å². The first kappa shape index (κ1) is 25.5. The standard InChI is InChI=1S/C36H38FN2O/c37-39(31-19-17-26-9-4-6-11-28(26)23-31,32-20-18-27-10-5-7-12-29(27)24-32)36(38)22-21-34-30(25-36)13-8-16-35(34)40-33-14-2-1-3-15-33/h1-16,31-32H,17-25,38H2/q+1. The summed E-state index contributed by atoms with van der Waals surface area (Å²) in [5.74, 6) is 1.68. The van der Waals surface area contributed by atoms with E-state index in [9.17, 15) is 0 Å². The van der Waals surface area contributed by atoms with E-state index in [4.69, 9.17) is 10.5 Å². The quantitative estimate of drug-likeness (QED) is 0.214. The van der Waals surface area contributed by atoms with Gasteiger partial charge < -0.3 is 4.74 Å². The number of fused-ring (bicyclic) bond motifs is 3. The van der Waals surface area contributed by atoms with E-state index in [1.165, 1.54) is 27.8 Å². The molecule has 4 heteroatoms. The molecule has 3 aliphatic carbocycles. The van der Waals surface area contributed by atoms with E-state index in [1.54, 1.807) is 0 Å². The number of rotatable bonds is 5. The summed E-state index contributed by atoms with van der Waals surface area (Å²) in [6.07, 6.45) is 6.80. The average molecular weight is 534 g/mol. The molecule has 7 rings (SSSR count). The minimum Gasteiger partial charge on any atom is -0.457 e. The highest BCUT2D eigenvalue weighted by Crippen LogP contribution is 2.47. The zero-order chi connectivity index (χ0) is 27.2. The molecule has 3 aliphatic rings. The van der Waals surface area contributed by atoms with E-state index in [0.717, 1.165) is 55.6 Å². The molecule has 0 radical (unpaired) electrons. The summed E-state index contributed by atoms with van der Waals surface area (Å²) >= 11 is 0. The van der Waals surface area contributed by atoms with E-state index in [1.807, 2.05) is 42.5 Å². The lowest BCUT2D eigenvalue weighted by molar-refractivity contribution is -1.13. The van der Waals surface area contributed by atoms with Gasteiger partial charge in [0.1, 0.15) is 23.6 Å². The van der Waals surface area contributed by atoms with E-state index >= 15 is 4.48 Å². The van der Waals surface area contributed by atoms with E-state index in [2.05, 4.69) is 54.6 Å². The number of quaternary nitrogens is 1. The number of benzene rings is 4. The van der Waals surface area contributed by atoms with Crippen LogP contribution in [0, 0.1) is 0 Å². The lowest BCUT2D eigenvalue weighted by Crippen LogP contribution is -2.75. The molecular weight excluding hydrogens is 495 g/mol. The van der Waals surface area contributed by atoms with E-state index < -0.39 is 10.4 Å². The maximum absolute atomic E-state index is 18.5. The van der Waals surface area contributed by atoms with Gasteiger partial charge in [-0.2, -0.15) is 0 Å². The molecule has 3 nitrogen and oxygen atoms in total. The van der Waals surface area contributed by atoms with Crippen LogP contribution in [0.25, 0.3) is 0 Å². The number of hydrogen-bond donors (Lipinski definition) is 1. The lowest BCUT2D eigenvalue weighted by Gasteiger charge is -2.53. The third-order valence-corrected chi connectivity index (χ3v) is 9.89. The Bertz CT molecular complexity index is 1460. The Hall–Kier alpha value is -3.47. The first-order valence-electron chi connectivity index (χ1n) is 14.9. The van der Waals surface area contributed by atoms with Crippen molar-refractivity contribution in [1.29, 1.82) is 0 Å². The maximum atomic E-state index is 18.5. The Morgan fingerprint density at radius 3 is 1.82 bits per heavy atom. The van der Waals surface area contributed by atoms with Gasteiger partial charge in [-0.05, 0) is 75.3 Å². The van der Waals surface area contributed by atoms with Gasteiger partial charge in [0.05, 0.1) is 0 Å². The summed E-state index contributed by atoms with van der Waals surface area (Å²) in [6.45, 7) is 0. The Kier molecular flexibility index (Phi) is 6.48. The molecule has 0 bridgehead atoms. The summed E-state index contributed by atoms with van der Waals surface area (Å²) in [6, 6.07) is 33.0. The van der Waals surface area contributed by atoms with Crippen molar-refractivity contribution in [2.75, 3.05) is 0 Å². The molecule has 0 saturated carbocycles. The van der Waals surface area contributed by atoms with E-state index in [0.29, 0.717) is 19.3 Å². The fourth-order valence-electron chi connectivity index (χ4n) is 7.85. The molecule has 0 heterocycles. The SMILES string of the molecule is NC1([N+](F)(C2CCc3ccccc3C2)C2CCc3ccccc3C2)CCc2c(cccc2Oc2ccccc2)C1. The molecule has 0 amide bonds. The van der Waals surface area contributed by atoms with Gasteiger partial charge in [0.25, 0.3) is 0 Å². The predicted octanol–water partition coefficient (Wildman–Crippen LogP) is 7.44. The molecule has 0 spiro atoms. The largest absolute Gasteiger partial charge is 0.457 e. The Morgan fingerprint density at radius 2 is 1.20 bits per heavy atom. The lowest BCUT2D eigenvalue weighted by atomic mass is 9.76. The highest BCUT2D eigenvalue weighted by Gasteiger charge is 2.61. The summed E-state index contributed by atoms with van der Waals surface area (Å²) in [5.41, 5.74) is 14.0. The van der Waals surface area contributed by atoms with Gasteiger partial charge in [0.15, 0.2) is 5.66 Å². The van der Waals surface area contributed by atoms with Crippen LogP contribution in [0.1, 0.15) is 52.6 Å². The minimum atomic E-state index is -0.994. The molecule has 204 valence electrons. The van der Waals surface area contributed by atoms with Crippen molar-refractivity contribution in [1.82, 2.24) is 0 Å². The fourth-order valence-corrected chi connectivity index (χ4v) is 7.85. The number of para-hydroxylation sites is 1. The number of halogens is 1. The summed E-state index contributed by atoms with van der Waals surface area (Å²) < 4.78 is 24.3. The maximum Gasteiger partial charge on any atom is 0.190 e. The van der Waals surface area contributed by atoms with Crippen molar-refractivity contribution in [2.45, 2.75) is 75.5 Å². The van der Waals surface area contributed by atoms with Crippen LogP contribution in [0.3, 0.4) is 0 Å². The van der Waals surface area contributed by atoms with Gasteiger partial charge in [0.2, 0.25) is 0 Å². The van der Waals surface area contributed by atoms with Crippen molar-refractivity contribution >= 4 is 0 Å². The highest BCUT2D eigenvalue weighted by molar-refractivity contribution is 5.45. The topological polar surface area (TPSA) is 35.2 Å². The molecule has 0 fully saturated rings.